The molecule has 4 nitrogen and oxygen atoms in total. The second-order valence-corrected chi connectivity index (χ2v) is 4.80. The molecule has 0 amide bonds. The minimum Gasteiger partial charge on any atom is -0.388 e. The number of aliphatic hydroxyl groups is 1. The molecule has 100 valence electrons. The summed E-state index contributed by atoms with van der Waals surface area (Å²) in [6.07, 6.45) is -3.02. The van der Waals surface area contributed by atoms with E-state index in [1.807, 2.05) is 0 Å². The van der Waals surface area contributed by atoms with Gasteiger partial charge in [0, 0.05) is 13.1 Å². The average Bonchev–Trinajstić information content (AvgIpc) is 2.27. The molecule has 1 fully saturated rings. The zero-order chi connectivity index (χ0) is 13.4. The lowest BCUT2D eigenvalue weighted by molar-refractivity contribution is -0.141. The molecule has 0 aliphatic carbocycles. The molecule has 2 heterocycles. The highest BCUT2D eigenvalue weighted by Crippen LogP contribution is 2.29. The minimum atomic E-state index is -4.47. The second kappa shape index (κ2) is 4.38. The van der Waals surface area contributed by atoms with Gasteiger partial charge in [0.2, 0.25) is 0 Å². The number of anilines is 1. The lowest BCUT2D eigenvalue weighted by Crippen LogP contribution is -2.46. The number of rotatable bonds is 1. The van der Waals surface area contributed by atoms with Crippen molar-refractivity contribution in [3.63, 3.8) is 0 Å². The van der Waals surface area contributed by atoms with Crippen LogP contribution in [0.4, 0.5) is 19.0 Å². The summed E-state index contributed by atoms with van der Waals surface area (Å²) >= 11 is 0. The maximum absolute atomic E-state index is 12.3. The molecule has 1 aromatic heterocycles. The molecule has 1 aromatic rings. The molecule has 1 atom stereocenters. The van der Waals surface area contributed by atoms with Crippen molar-refractivity contribution >= 4 is 5.82 Å². The molecule has 1 unspecified atom stereocenters. The Morgan fingerprint density at radius 1 is 1.33 bits per heavy atom. The van der Waals surface area contributed by atoms with Crippen LogP contribution >= 0.6 is 0 Å². The Hall–Kier alpha value is -1.37. The Morgan fingerprint density at radius 3 is 2.56 bits per heavy atom. The van der Waals surface area contributed by atoms with E-state index in [1.165, 1.54) is 6.07 Å². The normalized spacial score (nSPS) is 25.3. The van der Waals surface area contributed by atoms with Gasteiger partial charge in [-0.1, -0.05) is 0 Å². The van der Waals surface area contributed by atoms with Gasteiger partial charge in [0.1, 0.15) is 0 Å². The summed E-state index contributed by atoms with van der Waals surface area (Å²) in [7, 11) is 0. The molecule has 0 aromatic carbocycles. The Balaban J connectivity index is 2.15. The van der Waals surface area contributed by atoms with Crippen molar-refractivity contribution in [2.75, 3.05) is 18.0 Å². The summed E-state index contributed by atoms with van der Waals surface area (Å²) in [4.78, 5) is 1.75. The summed E-state index contributed by atoms with van der Waals surface area (Å²) in [5.74, 6) is 0.364. The summed E-state index contributed by atoms with van der Waals surface area (Å²) in [5, 5.41) is 16.7. The molecular formula is C11H14F3N3O. The lowest BCUT2D eigenvalue weighted by Gasteiger charge is -2.37. The summed E-state index contributed by atoms with van der Waals surface area (Å²) < 4.78 is 37.0. The van der Waals surface area contributed by atoms with Crippen molar-refractivity contribution < 1.29 is 18.3 Å². The van der Waals surface area contributed by atoms with Crippen LogP contribution in [0.1, 0.15) is 25.5 Å². The van der Waals surface area contributed by atoms with Gasteiger partial charge >= 0.3 is 6.18 Å². The van der Waals surface area contributed by atoms with E-state index in [-0.39, 0.29) is 0 Å². The van der Waals surface area contributed by atoms with Gasteiger partial charge in [-0.25, -0.2) is 0 Å². The van der Waals surface area contributed by atoms with Crippen LogP contribution in [-0.4, -0.2) is 34.0 Å². The molecule has 0 radical (unpaired) electrons. The SMILES string of the molecule is CC1(O)CCCN(c2ccc(C(F)(F)F)nn2)C1. The van der Waals surface area contributed by atoms with Crippen molar-refractivity contribution in [2.45, 2.75) is 31.5 Å². The lowest BCUT2D eigenvalue weighted by atomic mass is 9.95. The summed E-state index contributed by atoms with van der Waals surface area (Å²) in [6, 6.07) is 2.20. The average molecular weight is 261 g/mol. The molecule has 18 heavy (non-hydrogen) atoms. The van der Waals surface area contributed by atoms with Crippen molar-refractivity contribution in [1.82, 2.24) is 10.2 Å². The smallest absolute Gasteiger partial charge is 0.388 e. The largest absolute Gasteiger partial charge is 0.435 e. The van der Waals surface area contributed by atoms with Crippen LogP contribution in [0.2, 0.25) is 0 Å². The first-order valence-electron chi connectivity index (χ1n) is 5.66. The van der Waals surface area contributed by atoms with Gasteiger partial charge in [-0.2, -0.15) is 13.2 Å². The first kappa shape index (κ1) is 13.1. The molecule has 0 spiro atoms. The maximum atomic E-state index is 12.3. The highest BCUT2D eigenvalue weighted by Gasteiger charge is 2.34. The molecule has 2 rings (SSSR count). The molecule has 1 aliphatic heterocycles. The van der Waals surface area contributed by atoms with E-state index in [9.17, 15) is 18.3 Å². The number of piperidine rings is 1. The van der Waals surface area contributed by atoms with Crippen LogP contribution in [0.25, 0.3) is 0 Å². The Kier molecular flexibility index (Phi) is 3.18. The van der Waals surface area contributed by atoms with Gasteiger partial charge < -0.3 is 10.0 Å². The van der Waals surface area contributed by atoms with Crippen LogP contribution < -0.4 is 4.90 Å². The van der Waals surface area contributed by atoms with Gasteiger partial charge in [0.05, 0.1) is 5.60 Å². The molecule has 1 aliphatic rings. The van der Waals surface area contributed by atoms with Crippen LogP contribution in [0.5, 0.6) is 0 Å². The van der Waals surface area contributed by atoms with Crippen molar-refractivity contribution in [1.29, 1.82) is 0 Å². The first-order valence-corrected chi connectivity index (χ1v) is 5.66. The predicted octanol–water partition coefficient (Wildman–Crippen LogP) is 1.85. The highest BCUT2D eigenvalue weighted by molar-refractivity contribution is 5.38. The number of hydrogen-bond acceptors (Lipinski definition) is 4. The fourth-order valence-electron chi connectivity index (χ4n) is 2.06. The van der Waals surface area contributed by atoms with Crippen molar-refractivity contribution in [3.05, 3.63) is 17.8 Å². The molecule has 7 heteroatoms. The zero-order valence-corrected chi connectivity index (χ0v) is 9.91. The topological polar surface area (TPSA) is 49.2 Å². The minimum absolute atomic E-state index is 0.354. The molecule has 1 saturated heterocycles. The maximum Gasteiger partial charge on any atom is 0.435 e. The van der Waals surface area contributed by atoms with Gasteiger partial charge in [-0.15, -0.1) is 10.2 Å². The van der Waals surface area contributed by atoms with Gasteiger partial charge in [0.15, 0.2) is 11.5 Å². The number of alkyl halides is 3. The quantitative estimate of drug-likeness (QED) is 0.838. The van der Waals surface area contributed by atoms with Crippen molar-refractivity contribution in [3.8, 4) is 0 Å². The van der Waals surface area contributed by atoms with Crippen LogP contribution in [0.3, 0.4) is 0 Å². The number of aromatic nitrogens is 2. The third-order valence-electron chi connectivity index (χ3n) is 2.94. The number of hydrogen-bond donors (Lipinski definition) is 1. The van der Waals surface area contributed by atoms with Crippen molar-refractivity contribution in [2.24, 2.45) is 0 Å². The van der Waals surface area contributed by atoms with E-state index in [2.05, 4.69) is 10.2 Å². The standard InChI is InChI=1S/C11H14F3N3O/c1-10(18)5-2-6-17(7-10)9-4-3-8(15-16-9)11(12,13)14/h3-4,18H,2,5-7H2,1H3. The van der Waals surface area contributed by atoms with E-state index in [0.717, 1.165) is 12.5 Å². The van der Waals surface area contributed by atoms with Crippen LogP contribution in [0, 0.1) is 0 Å². The zero-order valence-electron chi connectivity index (χ0n) is 9.91. The van der Waals surface area contributed by atoms with E-state index >= 15 is 0 Å². The highest BCUT2D eigenvalue weighted by atomic mass is 19.4. The van der Waals surface area contributed by atoms with Crippen LogP contribution in [0.15, 0.2) is 12.1 Å². The van der Waals surface area contributed by atoms with E-state index < -0.39 is 17.5 Å². The molecule has 0 bridgehead atoms. The second-order valence-electron chi connectivity index (χ2n) is 4.80. The number of halogens is 3. The molecular weight excluding hydrogens is 247 g/mol. The van der Waals surface area contributed by atoms with E-state index in [4.69, 9.17) is 0 Å². The van der Waals surface area contributed by atoms with E-state index in [0.29, 0.717) is 25.3 Å². The Bertz CT molecular complexity index is 417. The third-order valence-corrected chi connectivity index (χ3v) is 2.94. The predicted molar refractivity (Wildman–Crippen MR) is 59.1 cm³/mol. The number of β-amino-alcohol motifs (C(OH)–C–C–N with tert-alkyl or cyclic N) is 1. The Labute approximate surface area is 102 Å². The molecule has 0 saturated carbocycles. The monoisotopic (exact) mass is 261 g/mol. The fraction of sp³-hybridized carbons (Fsp3) is 0.636. The van der Waals surface area contributed by atoms with Gasteiger partial charge in [-0.05, 0) is 31.9 Å². The number of nitrogens with zero attached hydrogens (tertiary/aromatic N) is 3. The third kappa shape index (κ3) is 2.90. The first-order chi connectivity index (χ1) is 8.28. The van der Waals surface area contributed by atoms with E-state index in [1.54, 1.807) is 11.8 Å². The summed E-state index contributed by atoms with van der Waals surface area (Å²) in [6.45, 7) is 2.72. The Morgan fingerprint density at radius 2 is 2.06 bits per heavy atom. The fourth-order valence-corrected chi connectivity index (χ4v) is 2.06. The molecule has 1 N–H and O–H groups in total. The van der Waals surface area contributed by atoms with Crippen LogP contribution in [-0.2, 0) is 6.18 Å². The summed E-state index contributed by atoms with van der Waals surface area (Å²) in [5.41, 5.74) is -1.84. The van der Waals surface area contributed by atoms with Gasteiger partial charge in [-0.3, -0.25) is 0 Å². The van der Waals surface area contributed by atoms with Gasteiger partial charge in [0.25, 0.3) is 0 Å².